The lowest BCUT2D eigenvalue weighted by atomic mass is 9.75. The molecule has 0 radical (unpaired) electrons. The summed E-state index contributed by atoms with van der Waals surface area (Å²) in [6.07, 6.45) is -0.0816. The molecule has 1 unspecified atom stereocenters. The molecule has 1 nitrogen and oxygen atoms in total. The van der Waals surface area contributed by atoms with E-state index in [1.807, 2.05) is 0 Å². The summed E-state index contributed by atoms with van der Waals surface area (Å²) in [6, 6.07) is 9.52. The molecule has 0 aliphatic heterocycles. The van der Waals surface area contributed by atoms with Crippen LogP contribution >= 0.6 is 24.1 Å². The van der Waals surface area contributed by atoms with E-state index in [0.29, 0.717) is 0 Å². The molecule has 0 spiro atoms. The molecule has 2 aromatic rings. The Morgan fingerprint density at radius 1 is 0.750 bits per heavy atom. The van der Waals surface area contributed by atoms with Gasteiger partial charge in [-0.25, -0.2) is 0 Å². The molecule has 0 heterocycles. The summed E-state index contributed by atoms with van der Waals surface area (Å²) in [6.45, 7) is 34.5. The Morgan fingerprint density at radius 2 is 1.17 bits per heavy atom. The van der Waals surface area contributed by atoms with Crippen molar-refractivity contribution in [2.24, 2.45) is 0 Å². The lowest BCUT2D eigenvalue weighted by molar-refractivity contribution is 0.270. The Balaban J connectivity index is 2.94. The molecular formula is C32H50BrOPSi. The highest BCUT2D eigenvalue weighted by molar-refractivity contribution is 9.19. The molecule has 0 aliphatic carbocycles. The van der Waals surface area contributed by atoms with Crippen LogP contribution in [0.4, 0.5) is 0 Å². The van der Waals surface area contributed by atoms with Crippen LogP contribution in [0.1, 0.15) is 107 Å². The first-order chi connectivity index (χ1) is 16.0. The third-order valence-corrected chi connectivity index (χ3v) is 9.54. The van der Waals surface area contributed by atoms with Gasteiger partial charge in [-0.2, -0.15) is 0 Å². The molecule has 0 aromatic heterocycles. The average Bonchev–Trinajstić information content (AvgIpc) is 2.62. The minimum Gasteiger partial charge on any atom is -0.406 e. The van der Waals surface area contributed by atoms with E-state index in [1.54, 1.807) is 0 Å². The zero-order valence-corrected chi connectivity index (χ0v) is 29.1. The summed E-state index contributed by atoms with van der Waals surface area (Å²) in [5.74, 6) is 0. The summed E-state index contributed by atoms with van der Waals surface area (Å²) >= 11 is 4.12. The number of aryl methyl sites for hydroxylation is 3. The molecule has 0 saturated carbocycles. The maximum absolute atomic E-state index is 6.94. The van der Waals surface area contributed by atoms with Crippen LogP contribution in [-0.4, -0.2) is 12.5 Å². The minimum atomic E-state index is -1.83. The average molecular weight is 590 g/mol. The fraction of sp³-hybridized carbons (Fsp3) is 0.594. The summed E-state index contributed by atoms with van der Waals surface area (Å²) in [5.41, 5.74) is 9.65. The van der Waals surface area contributed by atoms with Gasteiger partial charge in [0.1, 0.15) is 6.10 Å². The molecule has 0 N–H and O–H groups in total. The van der Waals surface area contributed by atoms with Gasteiger partial charge in [0, 0.05) is 5.30 Å². The molecule has 36 heavy (non-hydrogen) atoms. The van der Waals surface area contributed by atoms with Crippen LogP contribution in [0.3, 0.4) is 0 Å². The molecule has 0 bridgehead atoms. The Kier molecular flexibility index (Phi) is 9.44. The van der Waals surface area contributed by atoms with E-state index in [-0.39, 0.29) is 22.3 Å². The lowest BCUT2D eigenvalue weighted by Crippen LogP contribution is -2.32. The SMILES string of the molecule is Cc1cc(C)c(C(O[Si](C)(C)C)C(Br)=Pc2c(C(C)(C)C)cc(C(C)(C)C)cc2C(C)(C)C)c(C)c1. The van der Waals surface area contributed by atoms with Crippen molar-refractivity contribution in [2.45, 2.75) is 125 Å². The summed E-state index contributed by atoms with van der Waals surface area (Å²) in [5, 5.41) is 1.42. The second-order valence-electron chi connectivity index (χ2n) is 14.5. The Hall–Kier alpha value is -0.733. The van der Waals surface area contributed by atoms with E-state index in [2.05, 4.69) is 143 Å². The molecule has 2 aromatic carbocycles. The molecule has 4 heteroatoms. The minimum absolute atomic E-state index is 0.0295. The number of rotatable bonds is 5. The van der Waals surface area contributed by atoms with E-state index in [1.165, 1.54) is 56.7 Å². The molecule has 2 rings (SSSR count). The van der Waals surface area contributed by atoms with Crippen LogP contribution in [0.15, 0.2) is 24.3 Å². The van der Waals surface area contributed by atoms with Gasteiger partial charge < -0.3 is 4.43 Å². The van der Waals surface area contributed by atoms with Crippen LogP contribution in [0, 0.1) is 20.8 Å². The zero-order valence-electron chi connectivity index (χ0n) is 25.6. The quantitative estimate of drug-likeness (QED) is 0.249. The van der Waals surface area contributed by atoms with E-state index >= 15 is 0 Å². The van der Waals surface area contributed by atoms with Crippen molar-refractivity contribution in [3.05, 3.63) is 63.2 Å². The van der Waals surface area contributed by atoms with Gasteiger partial charge in [-0.15, -0.1) is 0 Å². The Morgan fingerprint density at radius 3 is 1.50 bits per heavy atom. The van der Waals surface area contributed by atoms with Gasteiger partial charge in [-0.1, -0.05) is 100 Å². The van der Waals surface area contributed by atoms with E-state index in [0.717, 1.165) is 0 Å². The molecular weight excluding hydrogens is 539 g/mol. The smallest absolute Gasteiger partial charge is 0.185 e. The standard InChI is InChI=1S/C32H50BrOPSi/c1-20-16-21(2)26(22(3)17-20)27(34-36(13,14)15)29(33)35-28-24(31(7,8)9)18-23(30(4,5)6)19-25(28)32(10,11)12/h16-19,27H,1-15H3. The van der Waals surface area contributed by atoms with Crippen LogP contribution in [0.25, 0.3) is 0 Å². The van der Waals surface area contributed by atoms with Gasteiger partial charge in [0.25, 0.3) is 0 Å². The van der Waals surface area contributed by atoms with Crippen LogP contribution in [0.2, 0.25) is 19.6 Å². The van der Waals surface area contributed by atoms with Crippen LogP contribution < -0.4 is 5.30 Å². The van der Waals surface area contributed by atoms with Crippen LogP contribution in [-0.2, 0) is 20.7 Å². The van der Waals surface area contributed by atoms with Crippen molar-refractivity contribution in [1.82, 2.24) is 0 Å². The predicted octanol–water partition coefficient (Wildman–Crippen LogP) is 10.2. The summed E-state index contributed by atoms with van der Waals surface area (Å²) in [7, 11) is -0.642. The van der Waals surface area contributed by atoms with Gasteiger partial charge >= 0.3 is 0 Å². The molecule has 200 valence electrons. The highest BCUT2D eigenvalue weighted by Crippen LogP contribution is 2.39. The van der Waals surface area contributed by atoms with Gasteiger partial charge in [0.2, 0.25) is 0 Å². The molecule has 0 aliphatic rings. The van der Waals surface area contributed by atoms with E-state index < -0.39 is 8.32 Å². The van der Waals surface area contributed by atoms with Crippen molar-refractivity contribution < 1.29 is 4.43 Å². The van der Waals surface area contributed by atoms with Crippen molar-refractivity contribution in [3.63, 3.8) is 0 Å². The first kappa shape index (κ1) is 31.5. The Labute approximate surface area is 233 Å². The maximum atomic E-state index is 6.94. The fourth-order valence-electron chi connectivity index (χ4n) is 4.68. The Bertz CT molecular complexity index is 1080. The molecule has 1 atom stereocenters. The van der Waals surface area contributed by atoms with E-state index in [9.17, 15) is 0 Å². The highest BCUT2D eigenvalue weighted by Gasteiger charge is 2.31. The molecule has 0 amide bonds. The number of hydrogen-bond acceptors (Lipinski definition) is 1. The first-order valence-electron chi connectivity index (χ1n) is 13.2. The highest BCUT2D eigenvalue weighted by atomic mass is 79.9. The third-order valence-electron chi connectivity index (χ3n) is 6.50. The fourth-order valence-corrected chi connectivity index (χ4v) is 8.30. The molecule has 0 saturated heterocycles. The van der Waals surface area contributed by atoms with Crippen molar-refractivity contribution in [2.75, 3.05) is 0 Å². The second-order valence-corrected chi connectivity index (χ2v) is 21.6. The normalized spacial score (nSPS) is 14.8. The van der Waals surface area contributed by atoms with Crippen molar-refractivity contribution in [3.8, 4) is 0 Å². The summed E-state index contributed by atoms with van der Waals surface area (Å²) in [4.78, 5) is 0. The zero-order chi connectivity index (χ0) is 28.0. The van der Waals surface area contributed by atoms with Crippen molar-refractivity contribution >= 4 is 42.0 Å². The number of hydrogen-bond donors (Lipinski definition) is 0. The topological polar surface area (TPSA) is 9.23 Å². The monoisotopic (exact) mass is 588 g/mol. The number of halogens is 1. The largest absolute Gasteiger partial charge is 0.406 e. The van der Waals surface area contributed by atoms with Crippen LogP contribution in [0.5, 0.6) is 0 Å². The van der Waals surface area contributed by atoms with E-state index in [4.69, 9.17) is 4.43 Å². The maximum Gasteiger partial charge on any atom is 0.185 e. The van der Waals surface area contributed by atoms with Gasteiger partial charge in [0.05, 0.1) is 4.20 Å². The van der Waals surface area contributed by atoms with Gasteiger partial charge in [-0.05, 0) is 106 Å². The van der Waals surface area contributed by atoms with Gasteiger partial charge in [-0.3, -0.25) is 0 Å². The lowest BCUT2D eigenvalue weighted by Gasteiger charge is -2.33. The molecule has 0 fully saturated rings. The second kappa shape index (κ2) is 10.8. The van der Waals surface area contributed by atoms with Crippen molar-refractivity contribution in [1.29, 1.82) is 0 Å². The third kappa shape index (κ3) is 7.89. The number of benzene rings is 2. The summed E-state index contributed by atoms with van der Waals surface area (Å²) < 4.78 is 8.13. The van der Waals surface area contributed by atoms with Gasteiger partial charge in [0.15, 0.2) is 8.32 Å². The first-order valence-corrected chi connectivity index (χ1v) is 18.3. The predicted molar refractivity (Wildman–Crippen MR) is 171 cm³/mol.